The molecular weight excluding hydrogens is 202 g/mol. The molecule has 5 heteroatoms. The van der Waals surface area contributed by atoms with E-state index in [4.69, 9.17) is 5.73 Å². The fourth-order valence-corrected chi connectivity index (χ4v) is 2.23. The molecule has 1 aromatic rings. The molecule has 1 saturated carbocycles. The second-order valence-corrected chi connectivity index (χ2v) is 4.76. The predicted octanol–water partition coefficient (Wildman–Crippen LogP) is 0.501. The van der Waals surface area contributed by atoms with Gasteiger partial charge >= 0.3 is 0 Å². The molecule has 0 radical (unpaired) electrons. The van der Waals surface area contributed by atoms with E-state index in [1.165, 1.54) is 18.4 Å². The second kappa shape index (κ2) is 3.50. The summed E-state index contributed by atoms with van der Waals surface area (Å²) in [6, 6.07) is 0.300. The molecule has 2 N–H and O–H groups in total. The van der Waals surface area contributed by atoms with Crippen LogP contribution < -0.4 is 5.73 Å². The van der Waals surface area contributed by atoms with Crippen LogP contribution in [0.5, 0.6) is 0 Å². The van der Waals surface area contributed by atoms with Crippen molar-refractivity contribution in [2.75, 3.05) is 13.1 Å². The first kappa shape index (κ1) is 9.69. The van der Waals surface area contributed by atoms with Crippen molar-refractivity contribution in [3.63, 3.8) is 0 Å². The number of rotatable bonds is 3. The minimum absolute atomic E-state index is 0.300. The molecule has 0 saturated heterocycles. The molecule has 1 fully saturated rings. The van der Waals surface area contributed by atoms with Gasteiger partial charge in [0.05, 0.1) is 18.8 Å². The van der Waals surface area contributed by atoms with Gasteiger partial charge < -0.3 is 10.6 Å². The molecule has 1 unspecified atom stereocenters. The molecule has 2 aliphatic rings. The zero-order chi connectivity index (χ0) is 11.1. The summed E-state index contributed by atoms with van der Waals surface area (Å²) in [5, 5.41) is 4.21. The van der Waals surface area contributed by atoms with Crippen molar-refractivity contribution >= 4 is 5.96 Å². The van der Waals surface area contributed by atoms with Crippen LogP contribution in [-0.4, -0.2) is 33.7 Å². The van der Waals surface area contributed by atoms with Crippen LogP contribution in [0.1, 0.15) is 24.4 Å². The monoisotopic (exact) mass is 219 g/mol. The van der Waals surface area contributed by atoms with Gasteiger partial charge in [-0.15, -0.1) is 0 Å². The maximum Gasteiger partial charge on any atom is 0.191 e. The van der Waals surface area contributed by atoms with Gasteiger partial charge in [-0.1, -0.05) is 0 Å². The summed E-state index contributed by atoms with van der Waals surface area (Å²) in [7, 11) is 1.94. The molecule has 3 rings (SSSR count). The fraction of sp³-hybridized carbons (Fsp3) is 0.636. The predicted molar refractivity (Wildman–Crippen MR) is 61.9 cm³/mol. The summed E-state index contributed by atoms with van der Waals surface area (Å²) in [5.74, 6) is 1.52. The van der Waals surface area contributed by atoms with Gasteiger partial charge in [0, 0.05) is 25.4 Å². The van der Waals surface area contributed by atoms with E-state index in [1.807, 2.05) is 17.9 Å². The number of aryl methyl sites for hydroxylation is 1. The van der Waals surface area contributed by atoms with E-state index in [9.17, 15) is 0 Å². The number of nitrogens with zero attached hydrogens (tertiary/aromatic N) is 4. The van der Waals surface area contributed by atoms with Crippen LogP contribution >= 0.6 is 0 Å². The molecule has 0 bridgehead atoms. The highest BCUT2D eigenvalue weighted by molar-refractivity contribution is 5.80. The smallest absolute Gasteiger partial charge is 0.191 e. The number of hydrogen-bond donors (Lipinski definition) is 1. The molecule has 0 spiro atoms. The first-order valence-electron chi connectivity index (χ1n) is 5.79. The average Bonchev–Trinajstić information content (AvgIpc) is 2.87. The van der Waals surface area contributed by atoms with Gasteiger partial charge in [-0.3, -0.25) is 9.67 Å². The van der Waals surface area contributed by atoms with Crippen LogP contribution in [0.15, 0.2) is 17.4 Å². The van der Waals surface area contributed by atoms with E-state index in [1.54, 1.807) is 0 Å². The van der Waals surface area contributed by atoms with Gasteiger partial charge in [0.2, 0.25) is 0 Å². The Bertz CT molecular complexity index is 418. The highest BCUT2D eigenvalue weighted by Crippen LogP contribution is 2.34. The highest BCUT2D eigenvalue weighted by atomic mass is 15.3. The van der Waals surface area contributed by atoms with Crippen molar-refractivity contribution in [1.29, 1.82) is 0 Å². The lowest BCUT2D eigenvalue weighted by Gasteiger charge is -2.25. The van der Waals surface area contributed by atoms with Gasteiger partial charge in [0.15, 0.2) is 5.96 Å². The summed E-state index contributed by atoms with van der Waals surface area (Å²) in [6.45, 7) is 1.82. The number of aliphatic imine (C=N–C) groups is 1. The van der Waals surface area contributed by atoms with E-state index in [0.717, 1.165) is 19.0 Å². The van der Waals surface area contributed by atoms with Gasteiger partial charge in [-0.25, -0.2) is 0 Å². The van der Waals surface area contributed by atoms with Crippen LogP contribution in [0.4, 0.5) is 0 Å². The Morgan fingerprint density at radius 3 is 2.94 bits per heavy atom. The number of nitrogens with two attached hydrogens (primary N) is 1. The van der Waals surface area contributed by atoms with Gasteiger partial charge in [0.25, 0.3) is 0 Å². The minimum atomic E-state index is 0.300. The summed E-state index contributed by atoms with van der Waals surface area (Å²) in [6.07, 6.45) is 6.64. The lowest BCUT2D eigenvalue weighted by molar-refractivity contribution is 0.333. The van der Waals surface area contributed by atoms with Gasteiger partial charge in [-0.05, 0) is 18.8 Å². The van der Waals surface area contributed by atoms with Crippen LogP contribution in [-0.2, 0) is 7.05 Å². The van der Waals surface area contributed by atoms with Crippen LogP contribution in [0, 0.1) is 5.92 Å². The van der Waals surface area contributed by atoms with Crippen molar-refractivity contribution in [3.8, 4) is 0 Å². The first-order chi connectivity index (χ1) is 7.74. The minimum Gasteiger partial charge on any atom is -0.370 e. The van der Waals surface area contributed by atoms with E-state index >= 15 is 0 Å². The standard InChI is InChI=1S/C11H17N5/c1-15-7-9(4-14-15)10-5-13-11(12)16(10)6-8-2-3-8/h4,7-8,10H,2-3,5-6H2,1H3,(H2,12,13). The fourth-order valence-electron chi connectivity index (χ4n) is 2.23. The zero-order valence-electron chi connectivity index (χ0n) is 9.50. The largest absolute Gasteiger partial charge is 0.370 e. The maximum absolute atomic E-state index is 5.94. The van der Waals surface area contributed by atoms with Crippen LogP contribution in [0.2, 0.25) is 0 Å². The third-order valence-electron chi connectivity index (χ3n) is 3.36. The Morgan fingerprint density at radius 1 is 1.50 bits per heavy atom. The summed E-state index contributed by atoms with van der Waals surface area (Å²) in [4.78, 5) is 6.58. The van der Waals surface area contributed by atoms with Crippen molar-refractivity contribution in [2.24, 2.45) is 23.7 Å². The number of aromatic nitrogens is 2. The Balaban J connectivity index is 1.79. The van der Waals surface area contributed by atoms with Crippen molar-refractivity contribution < 1.29 is 0 Å². The van der Waals surface area contributed by atoms with Crippen LogP contribution in [0.25, 0.3) is 0 Å². The van der Waals surface area contributed by atoms with Gasteiger partial charge in [0.1, 0.15) is 0 Å². The van der Waals surface area contributed by atoms with E-state index < -0.39 is 0 Å². The normalized spacial score (nSPS) is 24.9. The average molecular weight is 219 g/mol. The van der Waals surface area contributed by atoms with E-state index in [-0.39, 0.29) is 0 Å². The molecular formula is C11H17N5. The Morgan fingerprint density at radius 2 is 2.31 bits per heavy atom. The quantitative estimate of drug-likeness (QED) is 0.805. The molecule has 1 aliphatic heterocycles. The molecule has 86 valence electrons. The van der Waals surface area contributed by atoms with Crippen molar-refractivity contribution in [3.05, 3.63) is 18.0 Å². The highest BCUT2D eigenvalue weighted by Gasteiger charge is 2.33. The topological polar surface area (TPSA) is 59.4 Å². The van der Waals surface area contributed by atoms with Crippen molar-refractivity contribution in [2.45, 2.75) is 18.9 Å². The molecule has 0 aromatic carbocycles. The Kier molecular flexibility index (Phi) is 2.12. The molecule has 1 aromatic heterocycles. The first-order valence-corrected chi connectivity index (χ1v) is 5.79. The summed E-state index contributed by atoms with van der Waals surface area (Å²) >= 11 is 0. The molecule has 2 heterocycles. The molecule has 16 heavy (non-hydrogen) atoms. The van der Waals surface area contributed by atoms with Crippen molar-refractivity contribution in [1.82, 2.24) is 14.7 Å². The summed E-state index contributed by atoms with van der Waals surface area (Å²) in [5.41, 5.74) is 7.15. The molecule has 5 nitrogen and oxygen atoms in total. The number of hydrogen-bond acceptors (Lipinski definition) is 4. The van der Waals surface area contributed by atoms with Crippen LogP contribution in [0.3, 0.4) is 0 Å². The summed E-state index contributed by atoms with van der Waals surface area (Å²) < 4.78 is 1.83. The maximum atomic E-state index is 5.94. The SMILES string of the molecule is Cn1cc(C2CN=C(N)N2CC2CC2)cn1. The number of guanidine groups is 1. The third kappa shape index (κ3) is 1.66. The molecule has 1 atom stereocenters. The van der Waals surface area contributed by atoms with Gasteiger partial charge in [-0.2, -0.15) is 5.10 Å². The zero-order valence-corrected chi connectivity index (χ0v) is 9.50. The molecule has 0 amide bonds. The Hall–Kier alpha value is -1.52. The third-order valence-corrected chi connectivity index (χ3v) is 3.36. The lowest BCUT2D eigenvalue weighted by Crippen LogP contribution is -2.37. The Labute approximate surface area is 94.9 Å². The van der Waals surface area contributed by atoms with E-state index in [0.29, 0.717) is 12.0 Å². The molecule has 1 aliphatic carbocycles. The lowest BCUT2D eigenvalue weighted by atomic mass is 10.1. The second-order valence-electron chi connectivity index (χ2n) is 4.76. The van der Waals surface area contributed by atoms with E-state index in [2.05, 4.69) is 21.2 Å².